The zero-order valence-electron chi connectivity index (χ0n) is 10.7. The van der Waals surface area contributed by atoms with Gasteiger partial charge in [0.05, 0.1) is 11.7 Å². The number of nitrogens with zero attached hydrogens (tertiary/aromatic N) is 3. The molecule has 3 rings (SSSR count). The molecule has 0 bridgehead atoms. The summed E-state index contributed by atoms with van der Waals surface area (Å²) in [6.07, 6.45) is 1.55. The highest BCUT2D eigenvalue weighted by atomic mass is 32.2. The summed E-state index contributed by atoms with van der Waals surface area (Å²) in [7, 11) is -3.47. The summed E-state index contributed by atoms with van der Waals surface area (Å²) in [5.74, 6) is 0. The van der Waals surface area contributed by atoms with Crippen LogP contribution in [0.4, 0.5) is 5.69 Å². The molecule has 0 amide bonds. The average Bonchev–Trinajstić information content (AvgIpc) is 2.71. The molecule has 0 spiro atoms. The van der Waals surface area contributed by atoms with E-state index in [1.807, 2.05) is 13.0 Å². The van der Waals surface area contributed by atoms with Gasteiger partial charge in [-0.3, -0.25) is 4.31 Å². The molecule has 2 heterocycles. The third kappa shape index (κ3) is 1.90. The fourth-order valence-corrected chi connectivity index (χ4v) is 3.93. The minimum Gasteiger partial charge on any atom is -0.254 e. The molecule has 1 N–H and O–H groups in total. The summed E-state index contributed by atoms with van der Waals surface area (Å²) in [5.41, 5.74) is 0.926. The maximum atomic E-state index is 12.0. The summed E-state index contributed by atoms with van der Waals surface area (Å²) in [4.78, 5) is 3.99. The lowest BCUT2D eigenvalue weighted by Crippen LogP contribution is -2.33. The third-order valence-electron chi connectivity index (χ3n) is 3.33. The van der Waals surface area contributed by atoms with E-state index in [9.17, 15) is 8.42 Å². The van der Waals surface area contributed by atoms with Crippen LogP contribution in [0, 0.1) is 11.3 Å². The van der Waals surface area contributed by atoms with Crippen molar-refractivity contribution in [2.75, 3.05) is 10.8 Å². The van der Waals surface area contributed by atoms with E-state index in [1.165, 1.54) is 4.31 Å². The first-order valence-electron chi connectivity index (χ1n) is 6.11. The Labute approximate surface area is 116 Å². The molecule has 20 heavy (non-hydrogen) atoms. The highest BCUT2D eigenvalue weighted by molar-refractivity contribution is 7.91. The van der Waals surface area contributed by atoms with Crippen molar-refractivity contribution >= 4 is 26.7 Å². The van der Waals surface area contributed by atoms with Gasteiger partial charge in [-0.15, -0.1) is 0 Å². The van der Waals surface area contributed by atoms with Crippen LogP contribution in [-0.2, 0) is 10.2 Å². The van der Waals surface area contributed by atoms with Crippen molar-refractivity contribution in [3.05, 3.63) is 36.2 Å². The summed E-state index contributed by atoms with van der Waals surface area (Å²) >= 11 is 0. The number of rotatable bonds is 1. The summed E-state index contributed by atoms with van der Waals surface area (Å²) in [6.45, 7) is 2.23. The molecular formula is C13H12N4O2S. The Morgan fingerprint density at radius 2 is 2.25 bits per heavy atom. The van der Waals surface area contributed by atoms with Gasteiger partial charge in [0, 0.05) is 18.1 Å². The van der Waals surface area contributed by atoms with Crippen molar-refractivity contribution in [3.8, 4) is 6.07 Å². The van der Waals surface area contributed by atoms with Crippen molar-refractivity contribution in [2.24, 2.45) is 0 Å². The van der Waals surface area contributed by atoms with Crippen LogP contribution < -0.4 is 9.03 Å². The maximum Gasteiger partial charge on any atom is 0.301 e. The van der Waals surface area contributed by atoms with Crippen molar-refractivity contribution in [2.45, 2.75) is 13.0 Å². The van der Waals surface area contributed by atoms with Crippen LogP contribution in [0.15, 0.2) is 30.5 Å². The van der Waals surface area contributed by atoms with Crippen LogP contribution in [0.1, 0.15) is 12.6 Å². The zero-order valence-corrected chi connectivity index (χ0v) is 11.6. The van der Waals surface area contributed by atoms with Crippen molar-refractivity contribution < 1.29 is 8.42 Å². The van der Waals surface area contributed by atoms with Gasteiger partial charge in [0.15, 0.2) is 0 Å². The summed E-state index contributed by atoms with van der Waals surface area (Å²) < 4.78 is 27.8. The van der Waals surface area contributed by atoms with Gasteiger partial charge < -0.3 is 0 Å². The second kappa shape index (κ2) is 4.44. The molecule has 1 aliphatic heterocycles. The Morgan fingerprint density at radius 3 is 2.90 bits per heavy atom. The van der Waals surface area contributed by atoms with E-state index in [1.54, 1.807) is 30.5 Å². The number of benzene rings is 1. The monoisotopic (exact) mass is 288 g/mol. The molecule has 0 saturated carbocycles. The predicted molar refractivity (Wildman–Crippen MR) is 75.3 cm³/mol. The first kappa shape index (κ1) is 12.8. The number of hydrogen-bond acceptors (Lipinski definition) is 4. The number of pyridine rings is 1. The quantitative estimate of drug-likeness (QED) is 0.853. The minimum atomic E-state index is -3.47. The number of nitriles is 1. The van der Waals surface area contributed by atoms with Crippen LogP contribution >= 0.6 is 0 Å². The number of anilines is 1. The molecule has 2 aromatic rings. The Morgan fingerprint density at radius 1 is 1.45 bits per heavy atom. The largest absolute Gasteiger partial charge is 0.301 e. The number of hydrogen-bond donors (Lipinski definition) is 1. The molecule has 7 heteroatoms. The van der Waals surface area contributed by atoms with E-state index in [0.717, 1.165) is 10.8 Å². The van der Waals surface area contributed by atoms with E-state index in [-0.39, 0.29) is 6.04 Å². The Hall–Kier alpha value is -2.17. The van der Waals surface area contributed by atoms with E-state index in [0.29, 0.717) is 17.9 Å². The Bertz CT molecular complexity index is 826. The lowest BCUT2D eigenvalue weighted by molar-refractivity contribution is 0.591. The van der Waals surface area contributed by atoms with Crippen molar-refractivity contribution in [3.63, 3.8) is 0 Å². The van der Waals surface area contributed by atoms with Gasteiger partial charge in [0.25, 0.3) is 0 Å². The lowest BCUT2D eigenvalue weighted by atomic mass is 10.1. The van der Waals surface area contributed by atoms with Crippen LogP contribution in [0.2, 0.25) is 0 Å². The fraction of sp³-hybridized carbons (Fsp3) is 0.231. The molecule has 0 aliphatic carbocycles. The smallest absolute Gasteiger partial charge is 0.254 e. The van der Waals surface area contributed by atoms with E-state index >= 15 is 0 Å². The van der Waals surface area contributed by atoms with Gasteiger partial charge in [0.2, 0.25) is 0 Å². The molecule has 1 aliphatic rings. The molecule has 1 atom stereocenters. The maximum absolute atomic E-state index is 12.0. The second-order valence-electron chi connectivity index (χ2n) is 4.68. The van der Waals surface area contributed by atoms with Gasteiger partial charge in [-0.05, 0) is 36.6 Å². The number of fused-ring (bicyclic) bond motifs is 1. The average molecular weight is 288 g/mol. The normalized spacial score (nSPS) is 21.0. The van der Waals surface area contributed by atoms with Gasteiger partial charge in [-0.25, -0.2) is 4.98 Å². The molecule has 1 aromatic heterocycles. The topological polar surface area (TPSA) is 86.1 Å². The molecule has 6 nitrogen and oxygen atoms in total. The van der Waals surface area contributed by atoms with E-state index in [4.69, 9.17) is 5.26 Å². The molecular weight excluding hydrogens is 276 g/mol. The van der Waals surface area contributed by atoms with Crippen LogP contribution in [0.3, 0.4) is 0 Å². The molecule has 1 aromatic carbocycles. The predicted octanol–water partition coefficient (Wildman–Crippen LogP) is 1.15. The van der Waals surface area contributed by atoms with Crippen molar-refractivity contribution in [1.82, 2.24) is 9.71 Å². The molecule has 0 radical (unpaired) electrons. The second-order valence-corrected chi connectivity index (χ2v) is 6.31. The molecule has 1 fully saturated rings. The third-order valence-corrected chi connectivity index (χ3v) is 4.95. The van der Waals surface area contributed by atoms with Gasteiger partial charge in [-0.2, -0.15) is 18.4 Å². The number of nitrogens with one attached hydrogen (secondary N) is 1. The number of aromatic nitrogens is 1. The highest BCUT2D eigenvalue weighted by Gasteiger charge is 2.34. The zero-order chi connectivity index (χ0) is 14.3. The van der Waals surface area contributed by atoms with Crippen LogP contribution in [-0.4, -0.2) is 26.0 Å². The van der Waals surface area contributed by atoms with Gasteiger partial charge in [0.1, 0.15) is 11.8 Å². The van der Waals surface area contributed by atoms with Crippen LogP contribution in [0.25, 0.3) is 10.8 Å². The fourth-order valence-electron chi connectivity index (χ4n) is 2.40. The lowest BCUT2D eigenvalue weighted by Gasteiger charge is -2.21. The van der Waals surface area contributed by atoms with E-state index < -0.39 is 10.2 Å². The molecule has 102 valence electrons. The van der Waals surface area contributed by atoms with E-state index in [2.05, 4.69) is 9.71 Å². The Kier molecular flexibility index (Phi) is 2.85. The van der Waals surface area contributed by atoms with Gasteiger partial charge in [-0.1, -0.05) is 0 Å². The van der Waals surface area contributed by atoms with Crippen LogP contribution in [0.5, 0.6) is 0 Å². The first-order valence-corrected chi connectivity index (χ1v) is 7.55. The van der Waals surface area contributed by atoms with Gasteiger partial charge >= 0.3 is 10.2 Å². The van der Waals surface area contributed by atoms with Crippen molar-refractivity contribution in [1.29, 1.82) is 5.26 Å². The summed E-state index contributed by atoms with van der Waals surface area (Å²) in [5, 5.41) is 10.5. The SMILES string of the molecule is C[C@H]1CNS(=O)(=O)N1c1ccc2c(C#N)nccc2c1. The molecule has 0 unspecified atom stereocenters. The molecule has 1 saturated heterocycles. The minimum absolute atomic E-state index is 0.144. The first-order chi connectivity index (χ1) is 9.53. The Balaban J connectivity index is 2.18. The standard InChI is InChI=1S/C13H12N4O2S/c1-9-8-16-20(18,19)17(9)11-2-3-12-10(6-11)4-5-15-13(12)7-14/h2-6,9,16H,8H2,1H3/t9-/m0/s1. The summed E-state index contributed by atoms with van der Waals surface area (Å²) in [6, 6.07) is 8.85. The highest BCUT2D eigenvalue weighted by Crippen LogP contribution is 2.28.